The normalized spacial score (nSPS) is 22.4. The van der Waals surface area contributed by atoms with Crippen LogP contribution in [0.1, 0.15) is 37.6 Å². The monoisotopic (exact) mass is 276 g/mol. The Morgan fingerprint density at radius 2 is 2.25 bits per heavy atom. The zero-order valence-corrected chi connectivity index (χ0v) is 12.5. The van der Waals surface area contributed by atoms with Crippen molar-refractivity contribution in [2.24, 2.45) is 11.7 Å². The Balaban J connectivity index is 2.16. The van der Waals surface area contributed by atoms with E-state index < -0.39 is 0 Å². The van der Waals surface area contributed by atoms with E-state index in [-0.39, 0.29) is 18.1 Å². The molecule has 2 N–H and O–H groups in total. The van der Waals surface area contributed by atoms with Crippen LogP contribution < -0.4 is 10.5 Å². The van der Waals surface area contributed by atoms with Crippen molar-refractivity contribution in [3.05, 3.63) is 29.8 Å². The van der Waals surface area contributed by atoms with Crippen LogP contribution in [-0.4, -0.2) is 36.0 Å². The lowest BCUT2D eigenvalue weighted by Crippen LogP contribution is -2.42. The lowest BCUT2D eigenvalue weighted by Gasteiger charge is -2.26. The molecule has 1 saturated heterocycles. The SMILES string of the molecule is CC(C)Oc1cccc(C(=O)N2CCC(C)C2CN)c1. The third kappa shape index (κ3) is 3.12. The average Bonchev–Trinajstić information content (AvgIpc) is 2.78. The van der Waals surface area contributed by atoms with Gasteiger partial charge in [0.05, 0.1) is 6.10 Å². The summed E-state index contributed by atoms with van der Waals surface area (Å²) in [5, 5.41) is 0. The van der Waals surface area contributed by atoms with Crippen LogP contribution in [0.3, 0.4) is 0 Å². The van der Waals surface area contributed by atoms with E-state index in [2.05, 4.69) is 6.92 Å². The predicted octanol–water partition coefficient (Wildman–Crippen LogP) is 2.28. The van der Waals surface area contributed by atoms with Gasteiger partial charge in [-0.2, -0.15) is 0 Å². The maximum Gasteiger partial charge on any atom is 0.254 e. The second kappa shape index (κ2) is 6.27. The minimum Gasteiger partial charge on any atom is -0.491 e. The Hall–Kier alpha value is -1.55. The zero-order chi connectivity index (χ0) is 14.7. The number of nitrogens with two attached hydrogens (primary N) is 1. The van der Waals surface area contributed by atoms with E-state index in [1.54, 1.807) is 0 Å². The topological polar surface area (TPSA) is 55.6 Å². The predicted molar refractivity (Wildman–Crippen MR) is 79.9 cm³/mol. The molecule has 110 valence electrons. The molecule has 0 radical (unpaired) electrons. The third-order valence-corrected chi connectivity index (χ3v) is 3.84. The van der Waals surface area contributed by atoms with Crippen molar-refractivity contribution in [2.75, 3.05) is 13.1 Å². The highest BCUT2D eigenvalue weighted by atomic mass is 16.5. The summed E-state index contributed by atoms with van der Waals surface area (Å²) >= 11 is 0. The summed E-state index contributed by atoms with van der Waals surface area (Å²) in [5.74, 6) is 1.26. The molecule has 4 heteroatoms. The van der Waals surface area contributed by atoms with E-state index in [1.165, 1.54) is 0 Å². The maximum atomic E-state index is 12.6. The molecule has 0 bridgehead atoms. The van der Waals surface area contributed by atoms with Crippen molar-refractivity contribution in [3.63, 3.8) is 0 Å². The van der Waals surface area contributed by atoms with Crippen LogP contribution in [0.25, 0.3) is 0 Å². The van der Waals surface area contributed by atoms with E-state index in [0.717, 1.165) is 18.7 Å². The van der Waals surface area contributed by atoms with Crippen molar-refractivity contribution in [1.82, 2.24) is 4.90 Å². The number of nitrogens with zero attached hydrogens (tertiary/aromatic N) is 1. The molecule has 1 heterocycles. The Labute approximate surface area is 120 Å². The summed E-state index contributed by atoms with van der Waals surface area (Å²) in [6.07, 6.45) is 1.12. The van der Waals surface area contributed by atoms with Crippen LogP contribution >= 0.6 is 0 Å². The fourth-order valence-electron chi connectivity index (χ4n) is 2.76. The van der Waals surface area contributed by atoms with Gasteiger partial charge < -0.3 is 15.4 Å². The first-order valence-electron chi connectivity index (χ1n) is 7.30. The number of hydrogen-bond acceptors (Lipinski definition) is 3. The van der Waals surface area contributed by atoms with Gasteiger partial charge in [-0.3, -0.25) is 4.79 Å². The minimum absolute atomic E-state index is 0.0546. The first-order valence-corrected chi connectivity index (χ1v) is 7.30. The first-order chi connectivity index (χ1) is 9.52. The van der Waals surface area contributed by atoms with Crippen molar-refractivity contribution in [2.45, 2.75) is 39.3 Å². The van der Waals surface area contributed by atoms with Gasteiger partial charge in [-0.25, -0.2) is 0 Å². The molecule has 1 aromatic rings. The van der Waals surface area contributed by atoms with E-state index >= 15 is 0 Å². The lowest BCUT2D eigenvalue weighted by molar-refractivity contribution is 0.0726. The molecule has 2 rings (SSSR count). The molecule has 0 spiro atoms. The van der Waals surface area contributed by atoms with Crippen LogP contribution in [0.5, 0.6) is 5.75 Å². The molecular formula is C16H24N2O2. The third-order valence-electron chi connectivity index (χ3n) is 3.84. The molecule has 1 fully saturated rings. The number of likely N-dealkylation sites (tertiary alicyclic amines) is 1. The van der Waals surface area contributed by atoms with E-state index in [0.29, 0.717) is 18.0 Å². The Morgan fingerprint density at radius 1 is 1.50 bits per heavy atom. The number of amides is 1. The second-order valence-electron chi connectivity index (χ2n) is 5.76. The highest BCUT2D eigenvalue weighted by Gasteiger charge is 2.33. The van der Waals surface area contributed by atoms with Gasteiger partial charge in [0.1, 0.15) is 5.75 Å². The molecule has 1 aliphatic rings. The molecule has 20 heavy (non-hydrogen) atoms. The molecule has 1 aromatic carbocycles. The van der Waals surface area contributed by atoms with Crippen LogP contribution in [0.15, 0.2) is 24.3 Å². The number of ether oxygens (including phenoxy) is 1. The molecule has 1 aliphatic heterocycles. The molecule has 4 nitrogen and oxygen atoms in total. The number of carbonyl (C=O) groups is 1. The number of rotatable bonds is 4. The van der Waals surface area contributed by atoms with E-state index in [4.69, 9.17) is 10.5 Å². The first kappa shape index (κ1) is 14.9. The van der Waals surface area contributed by atoms with Crippen LogP contribution in [-0.2, 0) is 0 Å². The lowest BCUT2D eigenvalue weighted by atomic mass is 10.0. The van der Waals surface area contributed by atoms with Crippen LogP contribution in [0, 0.1) is 5.92 Å². The summed E-state index contributed by atoms with van der Waals surface area (Å²) < 4.78 is 5.65. The average molecular weight is 276 g/mol. The Morgan fingerprint density at radius 3 is 2.90 bits per heavy atom. The fourth-order valence-corrected chi connectivity index (χ4v) is 2.76. The van der Waals surface area contributed by atoms with Gasteiger partial charge >= 0.3 is 0 Å². The van der Waals surface area contributed by atoms with Crippen LogP contribution in [0.4, 0.5) is 0 Å². The minimum atomic E-state index is 0.0546. The molecule has 0 saturated carbocycles. The van der Waals surface area contributed by atoms with E-state index in [9.17, 15) is 4.79 Å². The standard InChI is InChI=1S/C16H24N2O2/c1-11(2)20-14-6-4-5-13(9-14)16(19)18-8-7-12(3)15(18)10-17/h4-6,9,11-12,15H,7-8,10,17H2,1-3H3. The summed E-state index contributed by atoms with van der Waals surface area (Å²) in [4.78, 5) is 14.5. The van der Waals surface area contributed by atoms with Gasteiger partial charge in [0.2, 0.25) is 0 Å². The largest absolute Gasteiger partial charge is 0.491 e. The van der Waals surface area contributed by atoms with Gasteiger partial charge in [0.25, 0.3) is 5.91 Å². The number of carbonyl (C=O) groups excluding carboxylic acids is 1. The summed E-state index contributed by atoms with van der Waals surface area (Å²) in [6.45, 7) is 7.41. The van der Waals surface area contributed by atoms with Crippen molar-refractivity contribution in [1.29, 1.82) is 0 Å². The van der Waals surface area contributed by atoms with Gasteiger partial charge in [-0.15, -0.1) is 0 Å². The van der Waals surface area contributed by atoms with E-state index in [1.807, 2.05) is 43.0 Å². The summed E-state index contributed by atoms with van der Waals surface area (Å²) in [6, 6.07) is 7.55. The Kier molecular flexibility index (Phi) is 4.65. The molecule has 1 amide bonds. The van der Waals surface area contributed by atoms with Crippen molar-refractivity contribution >= 4 is 5.91 Å². The molecule has 2 atom stereocenters. The second-order valence-corrected chi connectivity index (χ2v) is 5.76. The van der Waals surface area contributed by atoms with Crippen LogP contribution in [0.2, 0.25) is 0 Å². The molecule has 0 aromatic heterocycles. The molecule has 2 unspecified atom stereocenters. The zero-order valence-electron chi connectivity index (χ0n) is 12.5. The number of hydrogen-bond donors (Lipinski definition) is 1. The quantitative estimate of drug-likeness (QED) is 0.918. The number of benzene rings is 1. The smallest absolute Gasteiger partial charge is 0.254 e. The van der Waals surface area contributed by atoms with Crippen molar-refractivity contribution in [3.8, 4) is 5.75 Å². The van der Waals surface area contributed by atoms with Gasteiger partial charge in [0, 0.05) is 24.7 Å². The van der Waals surface area contributed by atoms with Gasteiger partial charge in [-0.05, 0) is 44.4 Å². The summed E-state index contributed by atoms with van der Waals surface area (Å²) in [7, 11) is 0. The molecular weight excluding hydrogens is 252 g/mol. The Bertz CT molecular complexity index is 473. The maximum absolute atomic E-state index is 12.6. The highest BCUT2D eigenvalue weighted by Crippen LogP contribution is 2.26. The van der Waals surface area contributed by atoms with Gasteiger partial charge in [0.15, 0.2) is 0 Å². The molecule has 0 aliphatic carbocycles. The highest BCUT2D eigenvalue weighted by molar-refractivity contribution is 5.95. The summed E-state index contributed by atoms with van der Waals surface area (Å²) in [5.41, 5.74) is 6.48. The fraction of sp³-hybridized carbons (Fsp3) is 0.562. The van der Waals surface area contributed by atoms with Crippen molar-refractivity contribution < 1.29 is 9.53 Å². The van der Waals surface area contributed by atoms with Gasteiger partial charge in [-0.1, -0.05) is 13.0 Å².